The first-order chi connectivity index (χ1) is 9.33. The third kappa shape index (κ3) is 4.47. The molecular weight excluding hydrogens is 244 g/mol. The normalized spacial score (nSPS) is 16.0. The second-order valence-electron chi connectivity index (χ2n) is 7.75. The lowest BCUT2D eigenvalue weighted by Crippen LogP contribution is -2.15. The summed E-state index contributed by atoms with van der Waals surface area (Å²) in [5, 5.41) is 0. The van der Waals surface area contributed by atoms with Crippen LogP contribution in [0.1, 0.15) is 63.6 Å². The van der Waals surface area contributed by atoms with Crippen LogP contribution in [0.15, 0.2) is 18.2 Å². The number of carbonyl (C=O) groups excluding carboxylic acids is 1. The van der Waals surface area contributed by atoms with Crippen molar-refractivity contribution < 1.29 is 4.79 Å². The molecule has 0 fully saturated rings. The molecule has 0 radical (unpaired) electrons. The number of fused-ring (bicyclic) bond motifs is 1. The highest BCUT2D eigenvalue weighted by Crippen LogP contribution is 2.27. The van der Waals surface area contributed by atoms with Crippen molar-refractivity contribution in [2.24, 2.45) is 11.3 Å². The van der Waals surface area contributed by atoms with E-state index in [-0.39, 0.29) is 0 Å². The molecule has 20 heavy (non-hydrogen) atoms. The Bertz CT molecular complexity index is 479. The van der Waals surface area contributed by atoms with Crippen LogP contribution >= 0.6 is 0 Å². The Morgan fingerprint density at radius 3 is 2.60 bits per heavy atom. The predicted molar refractivity (Wildman–Crippen MR) is 85.0 cm³/mol. The van der Waals surface area contributed by atoms with Crippen molar-refractivity contribution in [2.75, 3.05) is 0 Å². The minimum atomic E-state index is 0.313. The summed E-state index contributed by atoms with van der Waals surface area (Å²) in [4.78, 5) is 12.2. The Hall–Kier alpha value is -1.11. The minimum Gasteiger partial charge on any atom is -0.299 e. The molecule has 1 atom stereocenters. The largest absolute Gasteiger partial charge is 0.299 e. The molecule has 110 valence electrons. The molecule has 1 aromatic rings. The van der Waals surface area contributed by atoms with Crippen molar-refractivity contribution in [3.05, 3.63) is 34.9 Å². The van der Waals surface area contributed by atoms with Gasteiger partial charge in [-0.05, 0) is 53.7 Å². The van der Waals surface area contributed by atoms with Crippen LogP contribution in [0.2, 0.25) is 0 Å². The number of hydrogen-bond donors (Lipinski definition) is 0. The van der Waals surface area contributed by atoms with Crippen LogP contribution in [0.4, 0.5) is 0 Å². The Kier molecular flexibility index (Phi) is 4.67. The van der Waals surface area contributed by atoms with Gasteiger partial charge in [-0.15, -0.1) is 0 Å². The van der Waals surface area contributed by atoms with Gasteiger partial charge in [0.25, 0.3) is 0 Å². The van der Waals surface area contributed by atoms with Crippen molar-refractivity contribution in [2.45, 2.75) is 66.2 Å². The molecule has 2 rings (SSSR count). The Morgan fingerprint density at radius 1 is 1.20 bits per heavy atom. The molecule has 1 unspecified atom stereocenters. The Labute approximate surface area is 123 Å². The van der Waals surface area contributed by atoms with Gasteiger partial charge in [0.05, 0.1) is 0 Å². The van der Waals surface area contributed by atoms with E-state index in [9.17, 15) is 4.79 Å². The molecule has 0 saturated carbocycles. The van der Waals surface area contributed by atoms with Crippen molar-refractivity contribution in [1.82, 2.24) is 0 Å². The highest BCUT2D eigenvalue weighted by Gasteiger charge is 2.18. The molecule has 0 amide bonds. The number of hydrogen-bond acceptors (Lipinski definition) is 1. The highest BCUT2D eigenvalue weighted by atomic mass is 16.1. The molecule has 0 N–H and O–H groups in total. The van der Waals surface area contributed by atoms with E-state index in [1.165, 1.54) is 36.0 Å². The van der Waals surface area contributed by atoms with Crippen LogP contribution in [0.25, 0.3) is 0 Å². The zero-order chi connectivity index (χ0) is 14.8. The van der Waals surface area contributed by atoms with Gasteiger partial charge in [0.15, 0.2) is 0 Å². The van der Waals surface area contributed by atoms with Crippen LogP contribution in [0.3, 0.4) is 0 Å². The van der Waals surface area contributed by atoms with Gasteiger partial charge in [-0.25, -0.2) is 0 Å². The predicted octanol–water partition coefficient (Wildman–Crippen LogP) is 4.75. The summed E-state index contributed by atoms with van der Waals surface area (Å²) in [5.74, 6) is 0.872. The highest BCUT2D eigenvalue weighted by molar-refractivity contribution is 5.81. The molecular formula is C19H28O. The molecule has 1 nitrogen and oxygen atoms in total. The van der Waals surface area contributed by atoms with E-state index in [1.54, 1.807) is 0 Å². The van der Waals surface area contributed by atoms with Crippen LogP contribution in [0.5, 0.6) is 0 Å². The fraction of sp³-hybridized carbons (Fsp3) is 0.632. The monoisotopic (exact) mass is 272 g/mol. The van der Waals surface area contributed by atoms with E-state index >= 15 is 0 Å². The van der Waals surface area contributed by atoms with E-state index in [2.05, 4.69) is 45.9 Å². The lowest BCUT2D eigenvalue weighted by atomic mass is 9.83. The molecule has 1 aliphatic rings. The maximum atomic E-state index is 12.2. The van der Waals surface area contributed by atoms with Gasteiger partial charge >= 0.3 is 0 Å². The summed E-state index contributed by atoms with van der Waals surface area (Å²) in [5.41, 5.74) is 4.48. The number of benzene rings is 1. The first kappa shape index (κ1) is 15.3. The lowest BCUT2D eigenvalue weighted by molar-refractivity contribution is -0.119. The van der Waals surface area contributed by atoms with Crippen LogP contribution in [-0.4, -0.2) is 5.78 Å². The Morgan fingerprint density at radius 2 is 1.90 bits per heavy atom. The van der Waals surface area contributed by atoms with Gasteiger partial charge in [-0.1, -0.05) is 45.9 Å². The van der Waals surface area contributed by atoms with E-state index < -0.39 is 0 Å². The van der Waals surface area contributed by atoms with Gasteiger partial charge in [0, 0.05) is 12.8 Å². The molecule has 1 heteroatoms. The molecule has 0 spiro atoms. The topological polar surface area (TPSA) is 17.1 Å². The summed E-state index contributed by atoms with van der Waals surface area (Å²) < 4.78 is 0. The summed E-state index contributed by atoms with van der Waals surface area (Å²) in [7, 11) is 0. The van der Waals surface area contributed by atoms with E-state index in [1.807, 2.05) is 0 Å². The molecule has 0 heterocycles. The number of rotatable bonds is 5. The summed E-state index contributed by atoms with van der Waals surface area (Å²) in [6.45, 7) is 8.93. The zero-order valence-electron chi connectivity index (χ0n) is 13.5. The summed E-state index contributed by atoms with van der Waals surface area (Å²) >= 11 is 0. The first-order valence-electron chi connectivity index (χ1n) is 7.96. The fourth-order valence-corrected chi connectivity index (χ4v) is 3.54. The minimum absolute atomic E-state index is 0.313. The van der Waals surface area contributed by atoms with Crippen LogP contribution in [0, 0.1) is 11.3 Å². The third-order valence-electron chi connectivity index (χ3n) is 4.10. The third-order valence-corrected chi connectivity index (χ3v) is 4.10. The van der Waals surface area contributed by atoms with E-state index in [0.29, 0.717) is 30.0 Å². The maximum absolute atomic E-state index is 12.2. The SMILES string of the molecule is CC(CC(=O)Cc1ccc2c(c1)CCC2)CC(C)(C)C. The quantitative estimate of drug-likeness (QED) is 0.756. The summed E-state index contributed by atoms with van der Waals surface area (Å²) in [6, 6.07) is 6.63. The average molecular weight is 272 g/mol. The number of Topliss-reactive ketones (excluding diaryl/α,β-unsaturated/α-hetero) is 1. The number of aryl methyl sites for hydroxylation is 2. The number of ketones is 1. The molecule has 0 aromatic heterocycles. The smallest absolute Gasteiger partial charge is 0.137 e. The van der Waals surface area contributed by atoms with Gasteiger partial charge in [0.1, 0.15) is 5.78 Å². The van der Waals surface area contributed by atoms with Crippen molar-refractivity contribution >= 4 is 5.78 Å². The molecule has 1 aromatic carbocycles. The second kappa shape index (κ2) is 6.11. The second-order valence-corrected chi connectivity index (χ2v) is 7.75. The van der Waals surface area contributed by atoms with Crippen LogP contribution < -0.4 is 0 Å². The van der Waals surface area contributed by atoms with Crippen molar-refractivity contribution in [1.29, 1.82) is 0 Å². The van der Waals surface area contributed by atoms with Gasteiger partial charge in [0.2, 0.25) is 0 Å². The molecule has 0 bridgehead atoms. The van der Waals surface area contributed by atoms with Gasteiger partial charge in [-0.2, -0.15) is 0 Å². The zero-order valence-corrected chi connectivity index (χ0v) is 13.5. The van der Waals surface area contributed by atoms with Crippen molar-refractivity contribution in [3.63, 3.8) is 0 Å². The molecule has 0 saturated heterocycles. The van der Waals surface area contributed by atoms with E-state index in [4.69, 9.17) is 0 Å². The van der Waals surface area contributed by atoms with Crippen molar-refractivity contribution in [3.8, 4) is 0 Å². The molecule has 1 aliphatic carbocycles. The maximum Gasteiger partial charge on any atom is 0.137 e. The first-order valence-corrected chi connectivity index (χ1v) is 7.96. The Balaban J connectivity index is 1.88. The average Bonchev–Trinajstić information content (AvgIpc) is 2.72. The summed E-state index contributed by atoms with van der Waals surface area (Å²) in [6.07, 6.45) is 6.12. The standard InChI is InChI=1S/C19H28O/c1-14(13-19(2,3)4)10-18(20)12-15-8-9-16-6-5-7-17(16)11-15/h8-9,11,14H,5-7,10,12-13H2,1-4H3. The lowest BCUT2D eigenvalue weighted by Gasteiger charge is -2.22. The van der Waals surface area contributed by atoms with Gasteiger partial charge in [-0.3, -0.25) is 4.79 Å². The number of carbonyl (C=O) groups is 1. The fourth-order valence-electron chi connectivity index (χ4n) is 3.54. The molecule has 0 aliphatic heterocycles. The van der Waals surface area contributed by atoms with E-state index in [0.717, 1.165) is 6.42 Å². The van der Waals surface area contributed by atoms with Gasteiger partial charge < -0.3 is 0 Å². The van der Waals surface area contributed by atoms with Crippen LogP contribution in [-0.2, 0) is 24.1 Å².